The summed E-state index contributed by atoms with van der Waals surface area (Å²) in [7, 11) is 0. The van der Waals surface area contributed by atoms with E-state index in [9.17, 15) is 13.2 Å². The van der Waals surface area contributed by atoms with E-state index < -0.39 is 12.6 Å². The molecular weight excluding hydrogens is 269 g/mol. The summed E-state index contributed by atoms with van der Waals surface area (Å²) < 4.78 is 46.1. The average molecular weight is 290 g/mol. The van der Waals surface area contributed by atoms with Gasteiger partial charge in [-0.05, 0) is 24.8 Å². The Morgan fingerprint density at radius 1 is 0.800 bits per heavy atom. The van der Waals surface area contributed by atoms with Crippen LogP contribution < -0.4 is 0 Å². The van der Waals surface area contributed by atoms with Crippen LogP contribution in [0.2, 0.25) is 0 Å². The molecule has 2 nitrogen and oxygen atoms in total. The Hall–Kier alpha value is -1.07. The van der Waals surface area contributed by atoms with Crippen LogP contribution in [0.25, 0.3) is 0 Å². The third-order valence-electron chi connectivity index (χ3n) is 2.69. The average Bonchev–Trinajstić information content (AvgIpc) is 2.41. The van der Waals surface area contributed by atoms with Gasteiger partial charge in [0.05, 0.1) is 6.61 Å². The number of hydrogen-bond acceptors (Lipinski definition) is 2. The molecule has 0 heterocycles. The van der Waals surface area contributed by atoms with Crippen LogP contribution >= 0.6 is 0 Å². The van der Waals surface area contributed by atoms with Crippen molar-refractivity contribution in [3.63, 3.8) is 0 Å². The molecule has 0 saturated carbocycles. The fourth-order valence-corrected chi connectivity index (χ4v) is 1.65. The quantitative estimate of drug-likeness (QED) is 0.597. The van der Waals surface area contributed by atoms with Gasteiger partial charge in [-0.2, -0.15) is 13.2 Å². The Labute approximate surface area is 117 Å². The molecule has 20 heavy (non-hydrogen) atoms. The lowest BCUT2D eigenvalue weighted by Crippen LogP contribution is -2.09. The summed E-state index contributed by atoms with van der Waals surface area (Å²) in [6.07, 6.45) is -3.15. The van der Waals surface area contributed by atoms with E-state index in [1.54, 1.807) is 0 Å². The molecule has 0 aliphatic heterocycles. The molecule has 0 spiro atoms. The van der Waals surface area contributed by atoms with Gasteiger partial charge in [-0.15, -0.1) is 0 Å². The van der Waals surface area contributed by atoms with Crippen LogP contribution in [0.5, 0.6) is 0 Å². The van der Waals surface area contributed by atoms with Crippen molar-refractivity contribution in [1.82, 2.24) is 0 Å². The molecule has 0 bridgehead atoms. The molecule has 0 atom stereocenters. The minimum absolute atomic E-state index is 0.0357. The summed E-state index contributed by atoms with van der Waals surface area (Å²) in [6, 6.07) is 9.90. The Balaban J connectivity index is 1.83. The Morgan fingerprint density at radius 2 is 1.40 bits per heavy atom. The minimum atomic E-state index is -4.07. The number of alkyl halides is 3. The molecule has 0 aromatic heterocycles. The van der Waals surface area contributed by atoms with Crippen molar-refractivity contribution in [2.45, 2.75) is 38.5 Å². The maximum absolute atomic E-state index is 11.8. The zero-order valence-electron chi connectivity index (χ0n) is 11.5. The van der Waals surface area contributed by atoms with Crippen molar-refractivity contribution in [2.24, 2.45) is 0 Å². The SMILES string of the molecule is FC(F)(F)CCCOCCCCOCc1ccccc1. The predicted octanol–water partition coefficient (Wildman–Crippen LogP) is 4.34. The molecule has 0 fully saturated rings. The molecule has 0 amide bonds. The zero-order valence-corrected chi connectivity index (χ0v) is 11.5. The van der Waals surface area contributed by atoms with Gasteiger partial charge in [0.25, 0.3) is 0 Å². The number of halogens is 3. The Bertz CT molecular complexity index is 339. The highest BCUT2D eigenvalue weighted by atomic mass is 19.4. The third kappa shape index (κ3) is 9.81. The molecule has 0 N–H and O–H groups in total. The summed E-state index contributed by atoms with van der Waals surface area (Å²) in [5.41, 5.74) is 1.14. The van der Waals surface area contributed by atoms with Crippen LogP contribution in [0.15, 0.2) is 30.3 Å². The maximum Gasteiger partial charge on any atom is 0.389 e. The van der Waals surface area contributed by atoms with E-state index in [2.05, 4.69) is 0 Å². The lowest BCUT2D eigenvalue weighted by Gasteiger charge is -2.07. The van der Waals surface area contributed by atoms with Gasteiger partial charge in [0.1, 0.15) is 0 Å². The molecule has 5 heteroatoms. The normalized spacial score (nSPS) is 11.8. The Morgan fingerprint density at radius 3 is 2.05 bits per heavy atom. The predicted molar refractivity (Wildman–Crippen MR) is 71.4 cm³/mol. The second kappa shape index (κ2) is 9.77. The second-order valence-electron chi connectivity index (χ2n) is 4.58. The van der Waals surface area contributed by atoms with Crippen LogP contribution in [0.3, 0.4) is 0 Å². The topological polar surface area (TPSA) is 18.5 Å². The summed E-state index contributed by atoms with van der Waals surface area (Å²) in [4.78, 5) is 0. The number of unbranched alkanes of at least 4 members (excludes halogenated alkanes) is 1. The lowest BCUT2D eigenvalue weighted by atomic mass is 10.2. The summed E-state index contributed by atoms with van der Waals surface area (Å²) in [5.74, 6) is 0. The van der Waals surface area contributed by atoms with E-state index in [1.807, 2.05) is 30.3 Å². The highest BCUT2D eigenvalue weighted by molar-refractivity contribution is 5.13. The molecule has 0 radical (unpaired) electrons. The monoisotopic (exact) mass is 290 g/mol. The van der Waals surface area contributed by atoms with Crippen LogP contribution in [0, 0.1) is 0 Å². The summed E-state index contributed by atoms with van der Waals surface area (Å²) in [5, 5.41) is 0. The standard InChI is InChI=1S/C15H21F3O2/c16-15(17,18)9-6-12-19-10-4-5-11-20-13-14-7-2-1-3-8-14/h1-3,7-8H,4-6,9-13H2. The Kier molecular flexibility index (Phi) is 8.30. The first kappa shape index (κ1) is 17.0. The molecular formula is C15H21F3O2. The third-order valence-corrected chi connectivity index (χ3v) is 2.69. The molecule has 0 aliphatic rings. The molecule has 0 saturated heterocycles. The van der Waals surface area contributed by atoms with Crippen LogP contribution in [-0.2, 0) is 16.1 Å². The van der Waals surface area contributed by atoms with Crippen LogP contribution in [0.4, 0.5) is 13.2 Å². The van der Waals surface area contributed by atoms with Gasteiger partial charge >= 0.3 is 6.18 Å². The first-order valence-corrected chi connectivity index (χ1v) is 6.84. The number of hydrogen-bond donors (Lipinski definition) is 0. The lowest BCUT2D eigenvalue weighted by molar-refractivity contribution is -0.137. The fraction of sp³-hybridized carbons (Fsp3) is 0.600. The van der Waals surface area contributed by atoms with E-state index >= 15 is 0 Å². The second-order valence-corrected chi connectivity index (χ2v) is 4.58. The van der Waals surface area contributed by atoms with Crippen molar-refractivity contribution in [3.8, 4) is 0 Å². The van der Waals surface area contributed by atoms with Gasteiger partial charge in [-0.3, -0.25) is 0 Å². The number of benzene rings is 1. The van der Waals surface area contributed by atoms with Crippen LogP contribution in [-0.4, -0.2) is 26.0 Å². The highest BCUT2D eigenvalue weighted by Crippen LogP contribution is 2.20. The molecule has 114 valence electrons. The molecule has 0 aliphatic carbocycles. The molecule has 1 rings (SSSR count). The van der Waals surface area contributed by atoms with Gasteiger partial charge in [0.15, 0.2) is 0 Å². The van der Waals surface area contributed by atoms with Crippen molar-refractivity contribution in [3.05, 3.63) is 35.9 Å². The van der Waals surface area contributed by atoms with Gasteiger partial charge in [-0.1, -0.05) is 30.3 Å². The highest BCUT2D eigenvalue weighted by Gasteiger charge is 2.25. The minimum Gasteiger partial charge on any atom is -0.381 e. The first-order valence-electron chi connectivity index (χ1n) is 6.84. The largest absolute Gasteiger partial charge is 0.389 e. The number of ether oxygens (including phenoxy) is 2. The molecule has 1 aromatic rings. The van der Waals surface area contributed by atoms with Gasteiger partial charge in [-0.25, -0.2) is 0 Å². The fourth-order valence-electron chi connectivity index (χ4n) is 1.65. The maximum atomic E-state index is 11.8. The summed E-state index contributed by atoms with van der Waals surface area (Å²) >= 11 is 0. The van der Waals surface area contributed by atoms with E-state index in [0.717, 1.165) is 18.4 Å². The zero-order chi connectivity index (χ0) is 14.7. The van der Waals surface area contributed by atoms with Gasteiger partial charge in [0.2, 0.25) is 0 Å². The van der Waals surface area contributed by atoms with E-state index in [0.29, 0.717) is 19.8 Å². The van der Waals surface area contributed by atoms with E-state index in [4.69, 9.17) is 9.47 Å². The molecule has 1 aromatic carbocycles. The van der Waals surface area contributed by atoms with Gasteiger partial charge < -0.3 is 9.47 Å². The van der Waals surface area contributed by atoms with E-state index in [1.165, 1.54) is 0 Å². The first-order chi connectivity index (χ1) is 9.58. The van der Waals surface area contributed by atoms with Crippen LogP contribution in [0.1, 0.15) is 31.2 Å². The summed E-state index contributed by atoms with van der Waals surface area (Å²) in [6.45, 7) is 1.89. The van der Waals surface area contributed by atoms with Crippen molar-refractivity contribution in [1.29, 1.82) is 0 Å². The number of rotatable bonds is 10. The smallest absolute Gasteiger partial charge is 0.381 e. The van der Waals surface area contributed by atoms with E-state index in [-0.39, 0.29) is 13.0 Å². The van der Waals surface area contributed by atoms with Crippen molar-refractivity contribution < 1.29 is 22.6 Å². The molecule has 0 unspecified atom stereocenters. The van der Waals surface area contributed by atoms with Crippen molar-refractivity contribution in [2.75, 3.05) is 19.8 Å². The van der Waals surface area contributed by atoms with Crippen molar-refractivity contribution >= 4 is 0 Å². The van der Waals surface area contributed by atoms with Gasteiger partial charge in [0, 0.05) is 26.2 Å².